The maximum atomic E-state index is 13.0. The lowest BCUT2D eigenvalue weighted by Gasteiger charge is -2.30. The summed E-state index contributed by atoms with van der Waals surface area (Å²) in [7, 11) is 0. The lowest BCUT2D eigenvalue weighted by molar-refractivity contribution is -0.120. The smallest absolute Gasteiger partial charge is 0.230 e. The molecule has 0 radical (unpaired) electrons. The van der Waals surface area contributed by atoms with Crippen molar-refractivity contribution in [3.05, 3.63) is 66.3 Å². The van der Waals surface area contributed by atoms with Crippen LogP contribution in [0, 0.1) is 5.82 Å². The number of halogens is 1. The molecule has 126 valence electrons. The predicted octanol–water partition coefficient (Wildman–Crippen LogP) is 3.79. The Morgan fingerprint density at radius 2 is 1.84 bits per heavy atom. The molecule has 1 unspecified atom stereocenters. The van der Waals surface area contributed by atoms with Crippen LogP contribution in [-0.4, -0.2) is 22.6 Å². The van der Waals surface area contributed by atoms with Gasteiger partial charge in [0.25, 0.3) is 0 Å². The Hall–Kier alpha value is -3.02. The van der Waals surface area contributed by atoms with Crippen molar-refractivity contribution in [3.8, 4) is 11.4 Å². The van der Waals surface area contributed by atoms with Crippen molar-refractivity contribution in [3.63, 3.8) is 0 Å². The highest BCUT2D eigenvalue weighted by molar-refractivity contribution is 5.94. The molecule has 3 aromatic rings. The molecule has 0 saturated carbocycles. The third-order valence-corrected chi connectivity index (χ3v) is 4.38. The second kappa shape index (κ2) is 6.47. The van der Waals surface area contributed by atoms with Crippen LogP contribution < -0.4 is 4.90 Å². The number of carbonyl (C=O) groups is 1. The summed E-state index contributed by atoms with van der Waals surface area (Å²) in [5.41, 5.74) is 1.59. The fourth-order valence-electron chi connectivity index (χ4n) is 3.04. The largest absolute Gasteiger partial charge is 0.339 e. The Bertz CT molecular complexity index is 877. The van der Waals surface area contributed by atoms with Gasteiger partial charge in [-0.3, -0.25) is 4.79 Å². The molecule has 0 spiro atoms. The van der Waals surface area contributed by atoms with Crippen LogP contribution in [0.1, 0.15) is 24.7 Å². The van der Waals surface area contributed by atoms with Crippen LogP contribution in [-0.2, 0) is 4.79 Å². The van der Waals surface area contributed by atoms with Gasteiger partial charge in [-0.25, -0.2) is 4.39 Å². The molecule has 1 atom stereocenters. The molecule has 0 N–H and O–H groups in total. The third kappa shape index (κ3) is 3.15. The van der Waals surface area contributed by atoms with Crippen molar-refractivity contribution < 1.29 is 13.7 Å². The number of hydrogen-bond acceptors (Lipinski definition) is 4. The lowest BCUT2D eigenvalue weighted by Crippen LogP contribution is -2.38. The van der Waals surface area contributed by atoms with E-state index in [1.54, 1.807) is 17.0 Å². The summed E-state index contributed by atoms with van der Waals surface area (Å²) in [5.74, 6) is 0.594. The maximum Gasteiger partial charge on any atom is 0.230 e. The number of hydrogen-bond donors (Lipinski definition) is 0. The number of carbonyl (C=O) groups excluding carboxylic acids is 1. The molecule has 0 bridgehead atoms. The Morgan fingerprint density at radius 3 is 2.56 bits per heavy atom. The molecule has 1 aliphatic heterocycles. The molecule has 1 fully saturated rings. The molecule has 0 aliphatic carbocycles. The van der Waals surface area contributed by atoms with E-state index in [2.05, 4.69) is 10.1 Å². The Labute approximate surface area is 144 Å². The van der Waals surface area contributed by atoms with E-state index in [-0.39, 0.29) is 17.6 Å². The second-order valence-electron chi connectivity index (χ2n) is 6.03. The van der Waals surface area contributed by atoms with Crippen molar-refractivity contribution in [2.45, 2.75) is 18.8 Å². The summed E-state index contributed by atoms with van der Waals surface area (Å²) in [4.78, 5) is 18.6. The number of amides is 1. The number of piperidine rings is 1. The van der Waals surface area contributed by atoms with Crippen LogP contribution in [0.4, 0.5) is 10.1 Å². The zero-order valence-corrected chi connectivity index (χ0v) is 13.4. The van der Waals surface area contributed by atoms with Gasteiger partial charge in [0.1, 0.15) is 5.82 Å². The van der Waals surface area contributed by atoms with Crippen LogP contribution in [0.3, 0.4) is 0 Å². The Kier molecular flexibility index (Phi) is 4.01. The van der Waals surface area contributed by atoms with Crippen LogP contribution in [0.25, 0.3) is 11.4 Å². The van der Waals surface area contributed by atoms with Crippen LogP contribution in [0.5, 0.6) is 0 Å². The van der Waals surface area contributed by atoms with Gasteiger partial charge in [0.2, 0.25) is 17.6 Å². The number of nitrogens with zero attached hydrogens (tertiary/aromatic N) is 3. The van der Waals surface area contributed by atoms with Gasteiger partial charge in [0, 0.05) is 30.1 Å². The minimum absolute atomic E-state index is 0.0256. The first kappa shape index (κ1) is 15.5. The van der Waals surface area contributed by atoms with E-state index < -0.39 is 0 Å². The van der Waals surface area contributed by atoms with E-state index in [1.165, 1.54) is 12.1 Å². The average Bonchev–Trinajstić information content (AvgIpc) is 3.13. The zero-order chi connectivity index (χ0) is 17.2. The van der Waals surface area contributed by atoms with Crippen molar-refractivity contribution in [1.82, 2.24) is 10.1 Å². The zero-order valence-electron chi connectivity index (χ0n) is 13.4. The summed E-state index contributed by atoms with van der Waals surface area (Å²) >= 11 is 0. The molecule has 2 heterocycles. The highest BCUT2D eigenvalue weighted by Crippen LogP contribution is 2.31. The van der Waals surface area contributed by atoms with Gasteiger partial charge < -0.3 is 9.42 Å². The molecular formula is C19H16FN3O2. The van der Waals surface area contributed by atoms with E-state index in [0.717, 1.165) is 12.0 Å². The quantitative estimate of drug-likeness (QED) is 0.730. The van der Waals surface area contributed by atoms with Crippen molar-refractivity contribution in [2.24, 2.45) is 0 Å². The van der Waals surface area contributed by atoms with Gasteiger partial charge >= 0.3 is 0 Å². The third-order valence-electron chi connectivity index (χ3n) is 4.38. The van der Waals surface area contributed by atoms with E-state index >= 15 is 0 Å². The predicted molar refractivity (Wildman–Crippen MR) is 90.5 cm³/mol. The molecule has 1 saturated heterocycles. The van der Waals surface area contributed by atoms with Crippen molar-refractivity contribution in [1.29, 1.82) is 0 Å². The lowest BCUT2D eigenvalue weighted by atomic mass is 9.95. The summed E-state index contributed by atoms with van der Waals surface area (Å²) in [6, 6.07) is 15.5. The van der Waals surface area contributed by atoms with Gasteiger partial charge in [-0.15, -0.1) is 0 Å². The van der Waals surface area contributed by atoms with Crippen molar-refractivity contribution in [2.75, 3.05) is 11.4 Å². The first-order valence-corrected chi connectivity index (χ1v) is 8.15. The SMILES string of the molecule is O=C1CC(c2nc(-c3ccccc3)no2)CCN1c1ccc(F)cc1. The second-order valence-corrected chi connectivity index (χ2v) is 6.03. The minimum Gasteiger partial charge on any atom is -0.339 e. The molecular weight excluding hydrogens is 321 g/mol. The molecule has 5 nitrogen and oxygen atoms in total. The fourth-order valence-corrected chi connectivity index (χ4v) is 3.04. The van der Waals surface area contributed by atoms with Gasteiger partial charge in [-0.05, 0) is 30.7 Å². The fraction of sp³-hybridized carbons (Fsp3) is 0.211. The van der Waals surface area contributed by atoms with E-state index in [4.69, 9.17) is 4.52 Å². The topological polar surface area (TPSA) is 59.2 Å². The van der Waals surface area contributed by atoms with Gasteiger partial charge in [-0.2, -0.15) is 4.98 Å². The highest BCUT2D eigenvalue weighted by atomic mass is 19.1. The monoisotopic (exact) mass is 337 g/mol. The maximum absolute atomic E-state index is 13.0. The number of rotatable bonds is 3. The van der Waals surface area contributed by atoms with Crippen LogP contribution in [0.2, 0.25) is 0 Å². The summed E-state index contributed by atoms with van der Waals surface area (Å²) in [5, 5.41) is 4.02. The number of benzene rings is 2. The minimum atomic E-state index is -0.314. The standard InChI is InChI=1S/C19H16FN3O2/c20-15-6-8-16(9-7-15)23-11-10-14(12-17(23)24)19-21-18(22-25-19)13-4-2-1-3-5-13/h1-9,14H,10-12H2. The van der Waals surface area contributed by atoms with E-state index in [1.807, 2.05) is 30.3 Å². The number of anilines is 1. The Balaban J connectivity index is 1.49. The summed E-state index contributed by atoms with van der Waals surface area (Å²) in [6.45, 7) is 0.540. The molecule has 25 heavy (non-hydrogen) atoms. The average molecular weight is 337 g/mol. The molecule has 1 aliphatic rings. The summed E-state index contributed by atoms with van der Waals surface area (Å²) < 4.78 is 18.4. The molecule has 6 heteroatoms. The Morgan fingerprint density at radius 1 is 1.08 bits per heavy atom. The highest BCUT2D eigenvalue weighted by Gasteiger charge is 2.31. The van der Waals surface area contributed by atoms with E-state index in [0.29, 0.717) is 30.4 Å². The van der Waals surface area contributed by atoms with E-state index in [9.17, 15) is 9.18 Å². The van der Waals surface area contributed by atoms with Crippen LogP contribution in [0.15, 0.2) is 59.1 Å². The normalized spacial score (nSPS) is 17.7. The van der Waals surface area contributed by atoms with Gasteiger partial charge in [0.15, 0.2) is 0 Å². The first-order valence-electron chi connectivity index (χ1n) is 8.15. The molecule has 1 aromatic heterocycles. The summed E-state index contributed by atoms with van der Waals surface area (Å²) in [6.07, 6.45) is 1.02. The molecule has 2 aromatic carbocycles. The van der Waals surface area contributed by atoms with Crippen LogP contribution >= 0.6 is 0 Å². The number of aromatic nitrogens is 2. The first-order chi connectivity index (χ1) is 12.2. The van der Waals surface area contributed by atoms with Gasteiger partial charge in [-0.1, -0.05) is 35.5 Å². The van der Waals surface area contributed by atoms with Gasteiger partial charge in [0.05, 0.1) is 0 Å². The molecule has 1 amide bonds. The molecule has 4 rings (SSSR count). The van der Waals surface area contributed by atoms with Crippen molar-refractivity contribution >= 4 is 11.6 Å².